The lowest BCUT2D eigenvalue weighted by Crippen LogP contribution is -2.14. The van der Waals surface area contributed by atoms with E-state index in [1.807, 2.05) is 0 Å². The Morgan fingerprint density at radius 1 is 1.38 bits per heavy atom. The van der Waals surface area contributed by atoms with Crippen LogP contribution < -0.4 is 0 Å². The first-order valence-electron chi connectivity index (χ1n) is 4.46. The number of nitrogens with zero attached hydrogens (tertiary/aromatic N) is 3. The summed E-state index contributed by atoms with van der Waals surface area (Å²) in [5.41, 5.74) is 0.571. The third kappa shape index (κ3) is 2.31. The second kappa shape index (κ2) is 4.76. The normalized spacial score (nSPS) is 12.4. The molecule has 0 fully saturated rings. The van der Waals surface area contributed by atoms with Crippen LogP contribution in [0, 0.1) is 0 Å². The maximum absolute atomic E-state index is 12.0. The largest absolute Gasteiger partial charge is 0.291 e. The molecule has 0 amide bonds. The Hall–Kier alpha value is -1.20. The molecule has 16 heavy (non-hydrogen) atoms. The molecule has 1 heterocycles. The van der Waals surface area contributed by atoms with Crippen LogP contribution in [0.15, 0.2) is 36.9 Å². The van der Waals surface area contributed by atoms with Gasteiger partial charge in [0.25, 0.3) is 0 Å². The van der Waals surface area contributed by atoms with Crippen LogP contribution >= 0.6 is 27.5 Å². The summed E-state index contributed by atoms with van der Waals surface area (Å²) in [5.74, 6) is -0.0952. The second-order valence-electron chi connectivity index (χ2n) is 3.08. The van der Waals surface area contributed by atoms with Crippen LogP contribution in [0.2, 0.25) is 5.02 Å². The van der Waals surface area contributed by atoms with Gasteiger partial charge in [-0.25, -0.2) is 9.67 Å². The van der Waals surface area contributed by atoms with Crippen molar-refractivity contribution in [2.24, 2.45) is 0 Å². The minimum atomic E-state index is -0.545. The van der Waals surface area contributed by atoms with E-state index in [2.05, 4.69) is 26.0 Å². The number of hydrogen-bond acceptors (Lipinski definition) is 3. The number of alkyl halides is 1. The standard InChI is InChI=1S/C10H7BrClN3O/c11-10(15-6-13-5-14-15)9(16)7-1-3-8(12)4-2-7/h1-6,10H. The van der Waals surface area contributed by atoms with Gasteiger partial charge < -0.3 is 0 Å². The maximum Gasteiger partial charge on any atom is 0.198 e. The van der Waals surface area contributed by atoms with Crippen molar-refractivity contribution in [3.63, 3.8) is 0 Å². The first-order valence-corrected chi connectivity index (χ1v) is 5.76. The van der Waals surface area contributed by atoms with E-state index in [-0.39, 0.29) is 5.78 Å². The van der Waals surface area contributed by atoms with Crippen molar-refractivity contribution in [3.05, 3.63) is 47.5 Å². The first-order chi connectivity index (χ1) is 7.68. The summed E-state index contributed by atoms with van der Waals surface area (Å²) in [6, 6.07) is 6.71. The third-order valence-corrected chi connectivity index (χ3v) is 3.10. The molecule has 1 unspecified atom stereocenters. The molecule has 0 aliphatic rings. The van der Waals surface area contributed by atoms with Crippen molar-refractivity contribution in [3.8, 4) is 0 Å². The van der Waals surface area contributed by atoms with Crippen molar-refractivity contribution in [2.45, 2.75) is 4.95 Å². The van der Waals surface area contributed by atoms with Gasteiger partial charge >= 0.3 is 0 Å². The zero-order valence-corrected chi connectivity index (χ0v) is 10.4. The number of halogens is 2. The van der Waals surface area contributed by atoms with E-state index >= 15 is 0 Å². The van der Waals surface area contributed by atoms with Gasteiger partial charge in [0, 0.05) is 10.6 Å². The molecule has 4 nitrogen and oxygen atoms in total. The van der Waals surface area contributed by atoms with E-state index in [1.54, 1.807) is 24.3 Å². The maximum atomic E-state index is 12.0. The number of Topliss-reactive ketones (excluding diaryl/α,β-unsaturated/α-hetero) is 1. The highest BCUT2D eigenvalue weighted by molar-refractivity contribution is 9.09. The van der Waals surface area contributed by atoms with Crippen LogP contribution in [0.1, 0.15) is 15.3 Å². The average molecular weight is 301 g/mol. The lowest BCUT2D eigenvalue weighted by atomic mass is 10.1. The number of carbonyl (C=O) groups is 1. The fourth-order valence-electron chi connectivity index (χ4n) is 1.21. The molecule has 0 saturated heterocycles. The van der Waals surface area contributed by atoms with Crippen LogP contribution in [0.4, 0.5) is 0 Å². The molecule has 1 aromatic heterocycles. The molecular formula is C10H7BrClN3O. The molecule has 1 aromatic carbocycles. The lowest BCUT2D eigenvalue weighted by Gasteiger charge is -2.08. The minimum absolute atomic E-state index is 0.0952. The van der Waals surface area contributed by atoms with Crippen molar-refractivity contribution < 1.29 is 4.79 Å². The Balaban J connectivity index is 2.22. The predicted molar refractivity (Wildman–Crippen MR) is 63.8 cm³/mol. The van der Waals surface area contributed by atoms with E-state index < -0.39 is 4.95 Å². The minimum Gasteiger partial charge on any atom is -0.291 e. The Bertz CT molecular complexity index is 483. The van der Waals surface area contributed by atoms with Gasteiger partial charge in [-0.05, 0) is 24.3 Å². The first kappa shape index (κ1) is 11.3. The molecule has 1 atom stereocenters. The highest BCUT2D eigenvalue weighted by Gasteiger charge is 2.18. The van der Waals surface area contributed by atoms with Crippen LogP contribution in [0.5, 0.6) is 0 Å². The molecule has 0 aliphatic heterocycles. The average Bonchev–Trinajstić information content (AvgIpc) is 2.81. The number of carbonyl (C=O) groups excluding carboxylic acids is 1. The van der Waals surface area contributed by atoms with Crippen molar-refractivity contribution in [1.29, 1.82) is 0 Å². The van der Waals surface area contributed by atoms with Crippen molar-refractivity contribution in [2.75, 3.05) is 0 Å². The number of hydrogen-bond donors (Lipinski definition) is 0. The van der Waals surface area contributed by atoms with Gasteiger partial charge in [-0.15, -0.1) is 0 Å². The quantitative estimate of drug-likeness (QED) is 0.647. The summed E-state index contributed by atoms with van der Waals surface area (Å²) in [5, 5.41) is 4.49. The molecule has 0 aliphatic carbocycles. The zero-order chi connectivity index (χ0) is 11.5. The summed E-state index contributed by atoms with van der Waals surface area (Å²) >= 11 is 9.01. The molecule has 0 N–H and O–H groups in total. The van der Waals surface area contributed by atoms with Gasteiger partial charge in [0.15, 0.2) is 10.7 Å². The Kier molecular flexibility index (Phi) is 3.36. The molecule has 0 bridgehead atoms. The molecule has 6 heteroatoms. The number of aromatic nitrogens is 3. The summed E-state index contributed by atoms with van der Waals surface area (Å²) < 4.78 is 1.44. The van der Waals surface area contributed by atoms with Gasteiger partial charge in [-0.2, -0.15) is 5.10 Å². The van der Waals surface area contributed by atoms with Gasteiger partial charge in [-0.1, -0.05) is 27.5 Å². The predicted octanol–water partition coefficient (Wildman–Crippen LogP) is 2.71. The summed E-state index contributed by atoms with van der Waals surface area (Å²) in [7, 11) is 0. The molecule has 0 spiro atoms. The van der Waals surface area contributed by atoms with Gasteiger partial charge in [0.1, 0.15) is 12.7 Å². The molecule has 82 valence electrons. The highest BCUT2D eigenvalue weighted by atomic mass is 79.9. The Morgan fingerprint density at radius 2 is 2.06 bits per heavy atom. The van der Waals surface area contributed by atoms with Crippen LogP contribution in [-0.4, -0.2) is 20.5 Å². The van der Waals surface area contributed by atoms with E-state index in [0.717, 1.165) is 0 Å². The second-order valence-corrected chi connectivity index (χ2v) is 4.39. The smallest absolute Gasteiger partial charge is 0.198 e. The van der Waals surface area contributed by atoms with Crippen molar-refractivity contribution in [1.82, 2.24) is 14.8 Å². The van der Waals surface area contributed by atoms with E-state index in [0.29, 0.717) is 10.6 Å². The number of benzene rings is 1. The van der Waals surface area contributed by atoms with Crippen LogP contribution in [0.3, 0.4) is 0 Å². The van der Waals surface area contributed by atoms with Gasteiger partial charge in [-0.3, -0.25) is 4.79 Å². The Labute approximate surface area is 105 Å². The van der Waals surface area contributed by atoms with Gasteiger partial charge in [0.05, 0.1) is 0 Å². The number of ketones is 1. The number of rotatable bonds is 3. The van der Waals surface area contributed by atoms with E-state index in [4.69, 9.17) is 11.6 Å². The molecule has 2 rings (SSSR count). The topological polar surface area (TPSA) is 47.8 Å². The van der Waals surface area contributed by atoms with Crippen molar-refractivity contribution >= 4 is 33.3 Å². The summed E-state index contributed by atoms with van der Waals surface area (Å²) in [6.45, 7) is 0. The fraction of sp³-hybridized carbons (Fsp3) is 0.100. The summed E-state index contributed by atoms with van der Waals surface area (Å²) in [6.07, 6.45) is 2.86. The van der Waals surface area contributed by atoms with Crippen LogP contribution in [-0.2, 0) is 0 Å². The summed E-state index contributed by atoms with van der Waals surface area (Å²) in [4.78, 5) is 15.2. The van der Waals surface area contributed by atoms with E-state index in [9.17, 15) is 4.79 Å². The molecular weight excluding hydrogens is 293 g/mol. The monoisotopic (exact) mass is 299 g/mol. The molecule has 2 aromatic rings. The zero-order valence-electron chi connectivity index (χ0n) is 8.05. The van der Waals surface area contributed by atoms with Gasteiger partial charge in [0.2, 0.25) is 0 Å². The lowest BCUT2D eigenvalue weighted by molar-refractivity contribution is 0.0965. The third-order valence-electron chi connectivity index (χ3n) is 2.01. The Morgan fingerprint density at radius 3 is 2.62 bits per heavy atom. The molecule has 0 saturated carbocycles. The SMILES string of the molecule is O=C(c1ccc(Cl)cc1)C(Br)n1cncn1. The van der Waals surface area contributed by atoms with E-state index in [1.165, 1.54) is 17.3 Å². The highest BCUT2D eigenvalue weighted by Crippen LogP contribution is 2.20. The molecule has 0 radical (unpaired) electrons. The van der Waals surface area contributed by atoms with Crippen LogP contribution in [0.25, 0.3) is 0 Å². The fourth-order valence-corrected chi connectivity index (χ4v) is 1.81.